The summed E-state index contributed by atoms with van der Waals surface area (Å²) >= 11 is 3.43. The van der Waals surface area contributed by atoms with Gasteiger partial charge in [0.1, 0.15) is 5.65 Å². The van der Waals surface area contributed by atoms with Crippen molar-refractivity contribution in [2.45, 2.75) is 38.5 Å². The van der Waals surface area contributed by atoms with E-state index in [0.717, 1.165) is 15.8 Å². The zero-order chi connectivity index (χ0) is 14.2. The summed E-state index contributed by atoms with van der Waals surface area (Å²) < 4.78 is 17.8. The summed E-state index contributed by atoms with van der Waals surface area (Å²) in [4.78, 5) is 4.53. The molecule has 0 aliphatic heterocycles. The average Bonchev–Trinajstić information content (AvgIpc) is 2.70. The highest BCUT2D eigenvalue weighted by Crippen LogP contribution is 2.18. The maximum Gasteiger partial charge on any atom is 0.137 e. The normalized spacial score (nSPS) is 15.6. The predicted octanol–water partition coefficient (Wildman–Crippen LogP) is 3.21. The van der Waals surface area contributed by atoms with Gasteiger partial charge in [-0.2, -0.15) is 0 Å². The number of imidazole rings is 1. The summed E-state index contributed by atoms with van der Waals surface area (Å²) in [5, 5.41) is 0. The molecule has 2 rings (SSSR count). The van der Waals surface area contributed by atoms with Crippen LogP contribution in [0.3, 0.4) is 0 Å². The van der Waals surface area contributed by atoms with Gasteiger partial charge in [0.2, 0.25) is 0 Å². The minimum atomic E-state index is -1.10. The monoisotopic (exact) mass is 343 g/mol. The lowest BCUT2D eigenvalue weighted by atomic mass is 10.3. The number of rotatable bonds is 3. The molecule has 1 N–H and O–H groups in total. The first-order valence-corrected chi connectivity index (χ1v) is 8.04. The molecule has 2 atom stereocenters. The fraction of sp³-hybridized carbons (Fsp3) is 0.462. The maximum atomic E-state index is 12.1. The van der Waals surface area contributed by atoms with Crippen LogP contribution in [0.25, 0.3) is 5.65 Å². The van der Waals surface area contributed by atoms with Gasteiger partial charge in [0.15, 0.2) is 0 Å². The molecule has 104 valence electrons. The average molecular weight is 344 g/mol. The van der Waals surface area contributed by atoms with Crippen molar-refractivity contribution in [1.29, 1.82) is 0 Å². The molecule has 6 heteroatoms. The predicted molar refractivity (Wildman–Crippen MR) is 82.3 cm³/mol. The van der Waals surface area contributed by atoms with Crippen molar-refractivity contribution in [2.75, 3.05) is 0 Å². The smallest absolute Gasteiger partial charge is 0.137 e. The fourth-order valence-electron chi connectivity index (χ4n) is 1.59. The van der Waals surface area contributed by atoms with Crippen LogP contribution in [0, 0.1) is 0 Å². The summed E-state index contributed by atoms with van der Waals surface area (Å²) in [5.74, 6) is 0. The third kappa shape index (κ3) is 3.43. The molecule has 0 saturated carbocycles. The third-order valence-corrected chi connectivity index (χ3v) is 4.87. The number of nitrogens with one attached hydrogen (secondary N) is 1. The van der Waals surface area contributed by atoms with Gasteiger partial charge >= 0.3 is 0 Å². The van der Waals surface area contributed by atoms with Gasteiger partial charge in [0, 0.05) is 16.9 Å². The molecule has 19 heavy (non-hydrogen) atoms. The highest BCUT2D eigenvalue weighted by atomic mass is 79.9. The summed E-state index contributed by atoms with van der Waals surface area (Å²) in [7, 11) is -1.10. The van der Waals surface area contributed by atoms with E-state index in [9.17, 15) is 4.21 Å². The Morgan fingerprint density at radius 2 is 2.05 bits per heavy atom. The van der Waals surface area contributed by atoms with Gasteiger partial charge in [-0.25, -0.2) is 13.9 Å². The van der Waals surface area contributed by atoms with Crippen LogP contribution < -0.4 is 4.72 Å². The van der Waals surface area contributed by atoms with E-state index in [1.165, 1.54) is 0 Å². The molecule has 2 heterocycles. The Balaban J connectivity index is 2.22. The fourth-order valence-corrected chi connectivity index (χ4v) is 2.74. The molecular formula is C13H18BrN3OS. The van der Waals surface area contributed by atoms with Crippen molar-refractivity contribution < 1.29 is 4.21 Å². The molecule has 2 aromatic rings. The lowest BCUT2D eigenvalue weighted by Gasteiger charge is -2.20. The molecule has 1 unspecified atom stereocenters. The van der Waals surface area contributed by atoms with Gasteiger partial charge in [-0.3, -0.25) is 0 Å². The first-order chi connectivity index (χ1) is 8.77. The molecule has 0 radical (unpaired) electrons. The molecular weight excluding hydrogens is 326 g/mol. The Labute approximate surface area is 124 Å². The van der Waals surface area contributed by atoms with E-state index in [1.807, 2.05) is 56.6 Å². The van der Waals surface area contributed by atoms with Crippen LogP contribution in [0.4, 0.5) is 0 Å². The molecule has 0 fully saturated rings. The number of halogens is 1. The van der Waals surface area contributed by atoms with Crippen molar-refractivity contribution in [2.24, 2.45) is 0 Å². The molecule has 0 aromatic carbocycles. The second-order valence-electron chi connectivity index (χ2n) is 5.50. The Morgan fingerprint density at radius 1 is 1.37 bits per heavy atom. The minimum absolute atomic E-state index is 0.0567. The van der Waals surface area contributed by atoms with Crippen LogP contribution in [0.2, 0.25) is 0 Å². The second-order valence-corrected chi connectivity index (χ2v) is 8.41. The Bertz CT molecular complexity index is 618. The Morgan fingerprint density at radius 3 is 2.68 bits per heavy atom. The largest absolute Gasteiger partial charge is 0.306 e. The summed E-state index contributed by atoms with van der Waals surface area (Å²) in [5.41, 5.74) is 1.77. The number of aromatic nitrogens is 2. The zero-order valence-corrected chi connectivity index (χ0v) is 13.9. The van der Waals surface area contributed by atoms with Crippen molar-refractivity contribution in [1.82, 2.24) is 14.1 Å². The number of pyridine rings is 1. The number of nitrogens with zero attached hydrogens (tertiary/aromatic N) is 2. The summed E-state index contributed by atoms with van der Waals surface area (Å²) in [6.45, 7) is 7.82. The molecule has 0 aliphatic rings. The van der Waals surface area contributed by atoms with Crippen molar-refractivity contribution >= 4 is 32.6 Å². The molecule has 0 spiro atoms. The number of hydrogen-bond acceptors (Lipinski definition) is 2. The van der Waals surface area contributed by atoms with E-state index in [2.05, 4.69) is 25.6 Å². The molecule has 2 aromatic heterocycles. The minimum Gasteiger partial charge on any atom is -0.306 e. The molecule has 0 aliphatic carbocycles. The van der Waals surface area contributed by atoms with Crippen LogP contribution >= 0.6 is 15.9 Å². The van der Waals surface area contributed by atoms with Crippen LogP contribution in [-0.4, -0.2) is 18.3 Å². The molecule has 4 nitrogen and oxygen atoms in total. The molecule has 0 bridgehead atoms. The molecule has 0 amide bonds. The van der Waals surface area contributed by atoms with Gasteiger partial charge in [-0.1, -0.05) is 0 Å². The van der Waals surface area contributed by atoms with Gasteiger partial charge in [-0.15, -0.1) is 0 Å². The van der Waals surface area contributed by atoms with Crippen LogP contribution in [-0.2, 0) is 11.0 Å². The summed E-state index contributed by atoms with van der Waals surface area (Å²) in [6.07, 6.45) is 3.91. The molecule has 0 saturated heterocycles. The zero-order valence-electron chi connectivity index (χ0n) is 11.5. The highest BCUT2D eigenvalue weighted by molar-refractivity contribution is 9.10. The van der Waals surface area contributed by atoms with Crippen LogP contribution in [0.5, 0.6) is 0 Å². The topological polar surface area (TPSA) is 46.4 Å². The van der Waals surface area contributed by atoms with Gasteiger partial charge < -0.3 is 4.40 Å². The van der Waals surface area contributed by atoms with E-state index < -0.39 is 11.0 Å². The number of hydrogen-bond donors (Lipinski definition) is 1. The second kappa shape index (κ2) is 5.34. The van der Waals surface area contributed by atoms with Crippen molar-refractivity contribution in [3.8, 4) is 0 Å². The highest BCUT2D eigenvalue weighted by Gasteiger charge is 2.22. The number of fused-ring (bicyclic) bond motifs is 1. The Kier molecular flexibility index (Phi) is 4.13. The first kappa shape index (κ1) is 14.7. The van der Waals surface area contributed by atoms with E-state index in [1.54, 1.807) is 0 Å². The van der Waals surface area contributed by atoms with Gasteiger partial charge in [-0.05, 0) is 55.8 Å². The quantitative estimate of drug-likeness (QED) is 0.929. The van der Waals surface area contributed by atoms with E-state index in [0.29, 0.717) is 0 Å². The standard InChI is InChI=1S/C13H18BrN3OS/c1-9(16-19(18)13(2,3)4)11-8-17-7-10(14)5-6-12(17)15-11/h5-9,16H,1-4H3/t9-,19?/m0/s1. The first-order valence-electron chi connectivity index (χ1n) is 6.09. The summed E-state index contributed by atoms with van der Waals surface area (Å²) in [6, 6.07) is 3.84. The lowest BCUT2D eigenvalue weighted by Crippen LogP contribution is -2.34. The van der Waals surface area contributed by atoms with E-state index in [-0.39, 0.29) is 10.8 Å². The van der Waals surface area contributed by atoms with Gasteiger partial charge in [0.25, 0.3) is 0 Å². The Hall–Kier alpha value is -0.720. The third-order valence-electron chi connectivity index (χ3n) is 2.72. The maximum absolute atomic E-state index is 12.1. The van der Waals surface area contributed by atoms with E-state index in [4.69, 9.17) is 0 Å². The van der Waals surface area contributed by atoms with Crippen molar-refractivity contribution in [3.63, 3.8) is 0 Å². The van der Waals surface area contributed by atoms with Crippen LogP contribution in [0.15, 0.2) is 29.0 Å². The SMILES string of the molecule is C[C@H](NS(=O)C(C)(C)C)c1cn2cc(Br)ccc2n1. The van der Waals surface area contributed by atoms with Crippen molar-refractivity contribution in [3.05, 3.63) is 34.7 Å². The van der Waals surface area contributed by atoms with E-state index >= 15 is 0 Å². The van der Waals surface area contributed by atoms with Gasteiger partial charge in [0.05, 0.1) is 27.5 Å². The van der Waals surface area contributed by atoms with Crippen LogP contribution in [0.1, 0.15) is 39.4 Å². The lowest BCUT2D eigenvalue weighted by molar-refractivity contribution is 0.612.